The largest absolute Gasteiger partial charge is 0.433 e. The molecule has 0 unspecified atom stereocenters. The lowest BCUT2D eigenvalue weighted by molar-refractivity contribution is -0.141. The summed E-state index contributed by atoms with van der Waals surface area (Å²) < 4.78 is 39.3. The van der Waals surface area contributed by atoms with E-state index in [9.17, 15) is 13.2 Å². The lowest BCUT2D eigenvalue weighted by Gasteiger charge is -2.12. The summed E-state index contributed by atoms with van der Waals surface area (Å²) in [5, 5.41) is 3.18. The van der Waals surface area contributed by atoms with Crippen LogP contribution in [-0.2, 0) is 19.3 Å². The molecule has 7 heteroatoms. The summed E-state index contributed by atoms with van der Waals surface area (Å²) >= 11 is 6.00. The third-order valence-corrected chi connectivity index (χ3v) is 3.40. The number of hydrogen-bond acceptors (Lipinski definition) is 3. The molecule has 3 nitrogen and oxygen atoms in total. The lowest BCUT2D eigenvalue weighted by Crippen LogP contribution is -2.14. The molecule has 1 aliphatic rings. The molecule has 0 saturated carbocycles. The molecular formula is C13H9ClF3N3. The minimum Gasteiger partial charge on any atom is -0.307 e. The molecule has 0 fully saturated rings. The lowest BCUT2D eigenvalue weighted by atomic mass is 10.1. The van der Waals surface area contributed by atoms with Gasteiger partial charge in [-0.15, -0.1) is 0 Å². The van der Waals surface area contributed by atoms with Crippen LogP contribution in [0.3, 0.4) is 0 Å². The van der Waals surface area contributed by atoms with Gasteiger partial charge in [0.05, 0.1) is 10.7 Å². The average molecular weight is 300 g/mol. The SMILES string of the molecule is FC(F)(F)c1nc(-c2ccccc2Cl)nc2c1CNC2. The van der Waals surface area contributed by atoms with E-state index in [2.05, 4.69) is 15.3 Å². The number of halogens is 4. The van der Waals surface area contributed by atoms with Crippen molar-refractivity contribution in [2.45, 2.75) is 19.3 Å². The fourth-order valence-corrected chi connectivity index (χ4v) is 2.39. The Labute approximate surface area is 117 Å². The van der Waals surface area contributed by atoms with E-state index < -0.39 is 11.9 Å². The van der Waals surface area contributed by atoms with Crippen molar-refractivity contribution in [1.29, 1.82) is 0 Å². The average Bonchev–Trinajstić information content (AvgIpc) is 2.85. The molecule has 1 aliphatic heterocycles. The summed E-state index contributed by atoms with van der Waals surface area (Å²) in [5.41, 5.74) is 0.00679. The molecule has 0 aliphatic carbocycles. The first-order chi connectivity index (χ1) is 9.47. The van der Waals surface area contributed by atoms with Crippen molar-refractivity contribution in [2.75, 3.05) is 0 Å². The van der Waals surface area contributed by atoms with Crippen LogP contribution in [0, 0.1) is 0 Å². The van der Waals surface area contributed by atoms with Crippen molar-refractivity contribution in [3.63, 3.8) is 0 Å². The molecule has 104 valence electrons. The summed E-state index contributed by atoms with van der Waals surface area (Å²) in [6, 6.07) is 6.58. The Morgan fingerprint density at radius 2 is 1.85 bits per heavy atom. The standard InChI is InChI=1S/C13H9ClF3N3/c14-9-4-2-1-3-7(9)12-19-10-6-18-5-8(10)11(20-12)13(15,16)17/h1-4,18H,5-6H2. The summed E-state index contributed by atoms with van der Waals surface area (Å²) in [7, 11) is 0. The highest BCUT2D eigenvalue weighted by atomic mass is 35.5. The summed E-state index contributed by atoms with van der Waals surface area (Å²) in [6.07, 6.45) is -4.50. The number of nitrogens with one attached hydrogen (secondary N) is 1. The van der Waals surface area contributed by atoms with Gasteiger partial charge in [-0.05, 0) is 12.1 Å². The maximum atomic E-state index is 13.1. The molecule has 20 heavy (non-hydrogen) atoms. The van der Waals surface area contributed by atoms with Crippen molar-refractivity contribution in [2.24, 2.45) is 0 Å². The van der Waals surface area contributed by atoms with E-state index in [1.165, 1.54) is 0 Å². The maximum absolute atomic E-state index is 13.1. The van der Waals surface area contributed by atoms with Gasteiger partial charge in [0.25, 0.3) is 0 Å². The number of rotatable bonds is 1. The molecule has 1 N–H and O–H groups in total. The fourth-order valence-electron chi connectivity index (χ4n) is 2.17. The third kappa shape index (κ3) is 2.25. The van der Waals surface area contributed by atoms with Gasteiger partial charge < -0.3 is 5.32 Å². The summed E-state index contributed by atoms with van der Waals surface area (Å²) in [5.74, 6) is 0.00498. The Morgan fingerprint density at radius 1 is 1.10 bits per heavy atom. The molecule has 0 bridgehead atoms. The zero-order valence-electron chi connectivity index (χ0n) is 10.1. The van der Waals surface area contributed by atoms with Gasteiger partial charge in [-0.3, -0.25) is 0 Å². The third-order valence-electron chi connectivity index (χ3n) is 3.07. The molecule has 3 rings (SSSR count). The zero-order valence-corrected chi connectivity index (χ0v) is 10.9. The van der Waals surface area contributed by atoms with Crippen LogP contribution in [0.5, 0.6) is 0 Å². The van der Waals surface area contributed by atoms with Crippen LogP contribution in [0.25, 0.3) is 11.4 Å². The molecular weight excluding hydrogens is 291 g/mol. The van der Waals surface area contributed by atoms with Gasteiger partial charge in [0, 0.05) is 24.2 Å². The van der Waals surface area contributed by atoms with Gasteiger partial charge in [-0.1, -0.05) is 23.7 Å². The highest BCUT2D eigenvalue weighted by Gasteiger charge is 2.38. The van der Waals surface area contributed by atoms with Crippen LogP contribution in [0.1, 0.15) is 17.0 Å². The van der Waals surface area contributed by atoms with Gasteiger partial charge in [-0.25, -0.2) is 9.97 Å². The van der Waals surface area contributed by atoms with Crippen molar-refractivity contribution in [3.05, 3.63) is 46.2 Å². The first-order valence-electron chi connectivity index (χ1n) is 5.89. The van der Waals surface area contributed by atoms with E-state index in [0.29, 0.717) is 22.8 Å². The Morgan fingerprint density at radius 3 is 2.55 bits per heavy atom. The van der Waals surface area contributed by atoms with Gasteiger partial charge in [0.1, 0.15) is 0 Å². The van der Waals surface area contributed by atoms with Crippen molar-refractivity contribution in [3.8, 4) is 11.4 Å². The quantitative estimate of drug-likeness (QED) is 0.877. The van der Waals surface area contributed by atoms with E-state index in [1.807, 2.05) is 0 Å². The topological polar surface area (TPSA) is 37.8 Å². The second kappa shape index (κ2) is 4.71. The van der Waals surface area contributed by atoms with Crippen molar-refractivity contribution < 1.29 is 13.2 Å². The molecule has 0 amide bonds. The zero-order chi connectivity index (χ0) is 14.3. The number of benzene rings is 1. The first-order valence-corrected chi connectivity index (χ1v) is 6.27. The molecule has 0 atom stereocenters. The van der Waals surface area contributed by atoms with E-state index in [1.54, 1.807) is 24.3 Å². The monoisotopic (exact) mass is 299 g/mol. The first kappa shape index (κ1) is 13.3. The Kier molecular flexibility index (Phi) is 3.14. The predicted octanol–water partition coefficient (Wildman–Crippen LogP) is 3.42. The van der Waals surface area contributed by atoms with E-state index in [0.717, 1.165) is 0 Å². The van der Waals surface area contributed by atoms with Gasteiger partial charge in [-0.2, -0.15) is 13.2 Å². The molecule has 0 radical (unpaired) electrons. The van der Waals surface area contributed by atoms with Crippen LogP contribution >= 0.6 is 11.6 Å². The van der Waals surface area contributed by atoms with E-state index in [-0.39, 0.29) is 17.9 Å². The Balaban J connectivity index is 2.22. The van der Waals surface area contributed by atoms with Crippen LogP contribution in [-0.4, -0.2) is 9.97 Å². The maximum Gasteiger partial charge on any atom is 0.433 e. The molecule has 2 heterocycles. The highest BCUT2D eigenvalue weighted by molar-refractivity contribution is 6.33. The smallest absolute Gasteiger partial charge is 0.307 e. The van der Waals surface area contributed by atoms with Crippen molar-refractivity contribution in [1.82, 2.24) is 15.3 Å². The Hall–Kier alpha value is -1.66. The van der Waals surface area contributed by atoms with E-state index >= 15 is 0 Å². The van der Waals surface area contributed by atoms with Crippen LogP contribution in [0.4, 0.5) is 13.2 Å². The van der Waals surface area contributed by atoms with Gasteiger partial charge >= 0.3 is 6.18 Å². The summed E-state index contributed by atoms with van der Waals surface area (Å²) in [4.78, 5) is 7.89. The predicted molar refractivity (Wildman–Crippen MR) is 68.0 cm³/mol. The highest BCUT2D eigenvalue weighted by Crippen LogP contribution is 2.35. The van der Waals surface area contributed by atoms with Gasteiger partial charge in [0.2, 0.25) is 0 Å². The fraction of sp³-hybridized carbons (Fsp3) is 0.231. The number of alkyl halides is 3. The normalized spacial score (nSPS) is 14.4. The number of hydrogen-bond donors (Lipinski definition) is 1. The Bertz CT molecular complexity index is 670. The molecule has 1 aromatic heterocycles. The molecule has 2 aromatic rings. The number of aromatic nitrogens is 2. The van der Waals surface area contributed by atoms with E-state index in [4.69, 9.17) is 11.6 Å². The minimum absolute atomic E-state index is 0.00498. The van der Waals surface area contributed by atoms with Crippen LogP contribution in [0.15, 0.2) is 24.3 Å². The molecule has 0 spiro atoms. The number of fused-ring (bicyclic) bond motifs is 1. The van der Waals surface area contributed by atoms with Crippen molar-refractivity contribution >= 4 is 11.6 Å². The minimum atomic E-state index is -4.50. The number of nitrogens with zero attached hydrogens (tertiary/aromatic N) is 2. The second-order valence-corrected chi connectivity index (χ2v) is 4.81. The van der Waals surface area contributed by atoms with Gasteiger partial charge in [0.15, 0.2) is 11.5 Å². The summed E-state index contributed by atoms with van der Waals surface area (Å²) in [6.45, 7) is 0.436. The van der Waals surface area contributed by atoms with Crippen LogP contribution in [0.2, 0.25) is 5.02 Å². The molecule has 1 aromatic carbocycles. The molecule has 0 saturated heterocycles. The van der Waals surface area contributed by atoms with Crippen LogP contribution < -0.4 is 5.32 Å². The second-order valence-electron chi connectivity index (χ2n) is 4.40.